The van der Waals surface area contributed by atoms with E-state index in [9.17, 15) is 4.79 Å². The molecular weight excluding hydrogens is 302 g/mol. The zero-order valence-electron chi connectivity index (χ0n) is 13.1. The Kier molecular flexibility index (Phi) is 3.75. The molecule has 24 heavy (non-hydrogen) atoms. The van der Waals surface area contributed by atoms with Crippen molar-refractivity contribution in [2.45, 2.75) is 13.0 Å². The molecule has 1 amide bonds. The molecule has 1 aliphatic rings. The van der Waals surface area contributed by atoms with Crippen LogP contribution in [0.5, 0.6) is 0 Å². The van der Waals surface area contributed by atoms with Gasteiger partial charge in [0.25, 0.3) is 5.91 Å². The van der Waals surface area contributed by atoms with Crippen molar-refractivity contribution in [1.29, 1.82) is 0 Å². The monoisotopic (exact) mass is 319 g/mol. The van der Waals surface area contributed by atoms with Gasteiger partial charge < -0.3 is 14.6 Å². The lowest BCUT2D eigenvalue weighted by Gasteiger charge is -2.19. The predicted octanol–water partition coefficient (Wildman–Crippen LogP) is 3.30. The number of para-hydroxylation sites is 1. The largest absolute Gasteiger partial charge is 0.467 e. The molecule has 0 spiro atoms. The summed E-state index contributed by atoms with van der Waals surface area (Å²) in [6.45, 7) is 1.26. The Morgan fingerprint density at radius 2 is 2.12 bits per heavy atom. The Bertz CT molecular complexity index is 859. The molecule has 1 aromatic carbocycles. The molecule has 4 rings (SSSR count). The predicted molar refractivity (Wildman–Crippen MR) is 91.3 cm³/mol. The molecule has 5 nitrogen and oxygen atoms in total. The molecule has 5 heteroatoms. The summed E-state index contributed by atoms with van der Waals surface area (Å²) in [6.07, 6.45) is 4.28. The van der Waals surface area contributed by atoms with Crippen LogP contribution in [0.2, 0.25) is 0 Å². The van der Waals surface area contributed by atoms with Crippen LogP contribution < -0.4 is 10.2 Å². The highest BCUT2D eigenvalue weighted by atomic mass is 16.3. The van der Waals surface area contributed by atoms with E-state index in [1.807, 2.05) is 24.3 Å². The second-order valence-corrected chi connectivity index (χ2v) is 5.69. The van der Waals surface area contributed by atoms with Crippen LogP contribution in [0, 0.1) is 0 Å². The van der Waals surface area contributed by atoms with E-state index in [1.165, 1.54) is 11.3 Å². The van der Waals surface area contributed by atoms with Crippen LogP contribution in [0.15, 0.2) is 65.4 Å². The first-order chi connectivity index (χ1) is 11.8. The maximum atomic E-state index is 12.3. The van der Waals surface area contributed by atoms with Crippen molar-refractivity contribution in [3.8, 4) is 0 Å². The summed E-state index contributed by atoms with van der Waals surface area (Å²) < 4.78 is 5.22. The number of hydrogen-bond donors (Lipinski definition) is 1. The van der Waals surface area contributed by atoms with Crippen molar-refractivity contribution in [1.82, 2.24) is 10.3 Å². The minimum Gasteiger partial charge on any atom is -0.467 e. The zero-order valence-corrected chi connectivity index (χ0v) is 13.1. The molecule has 0 bridgehead atoms. The Morgan fingerprint density at radius 3 is 3.00 bits per heavy atom. The van der Waals surface area contributed by atoms with Gasteiger partial charge in [-0.1, -0.05) is 18.2 Å². The highest BCUT2D eigenvalue weighted by molar-refractivity contribution is 5.93. The van der Waals surface area contributed by atoms with Crippen molar-refractivity contribution in [3.63, 3.8) is 0 Å². The number of amides is 1. The summed E-state index contributed by atoms with van der Waals surface area (Å²) in [5.74, 6) is 0.508. The molecule has 0 atom stereocenters. The molecule has 1 N–H and O–H groups in total. The average Bonchev–Trinajstić information content (AvgIpc) is 3.29. The van der Waals surface area contributed by atoms with Crippen LogP contribution in [-0.2, 0) is 13.0 Å². The number of fused-ring (bicyclic) bond motifs is 1. The Balaban J connectivity index is 1.53. The van der Waals surface area contributed by atoms with E-state index in [0.29, 0.717) is 18.0 Å². The van der Waals surface area contributed by atoms with Gasteiger partial charge in [0.15, 0.2) is 0 Å². The summed E-state index contributed by atoms with van der Waals surface area (Å²) >= 11 is 0. The number of anilines is 2. The van der Waals surface area contributed by atoms with Crippen molar-refractivity contribution >= 4 is 17.3 Å². The fourth-order valence-corrected chi connectivity index (χ4v) is 2.99. The third-order valence-electron chi connectivity index (χ3n) is 4.18. The van der Waals surface area contributed by atoms with E-state index in [1.54, 1.807) is 18.5 Å². The summed E-state index contributed by atoms with van der Waals surface area (Å²) in [5, 5.41) is 2.82. The molecule has 3 aromatic rings. The molecule has 1 aliphatic heterocycles. The van der Waals surface area contributed by atoms with Crippen molar-refractivity contribution in [3.05, 3.63) is 78.0 Å². The van der Waals surface area contributed by atoms with E-state index in [0.717, 1.165) is 18.7 Å². The van der Waals surface area contributed by atoms with Gasteiger partial charge in [0.2, 0.25) is 0 Å². The molecule has 0 aliphatic carbocycles. The fraction of sp³-hybridized carbons (Fsp3) is 0.158. The highest BCUT2D eigenvalue weighted by Gasteiger charge is 2.20. The van der Waals surface area contributed by atoms with Gasteiger partial charge in [-0.05, 0) is 42.3 Å². The SMILES string of the molecule is O=C(NCc1ccco1)c1cc(N2CCc3ccccc32)ccn1. The third-order valence-corrected chi connectivity index (χ3v) is 4.18. The van der Waals surface area contributed by atoms with Crippen LogP contribution >= 0.6 is 0 Å². The number of carbonyl (C=O) groups is 1. The third kappa shape index (κ3) is 2.76. The average molecular weight is 319 g/mol. The molecule has 0 radical (unpaired) electrons. The van der Waals surface area contributed by atoms with Gasteiger partial charge in [-0.2, -0.15) is 0 Å². The number of aromatic nitrogens is 1. The topological polar surface area (TPSA) is 58.4 Å². The van der Waals surface area contributed by atoms with Crippen LogP contribution in [0.4, 0.5) is 11.4 Å². The molecule has 0 unspecified atom stereocenters. The number of carbonyl (C=O) groups excluding carboxylic acids is 1. The van der Waals surface area contributed by atoms with Crippen LogP contribution in [0.1, 0.15) is 21.8 Å². The number of furan rings is 1. The number of pyridine rings is 1. The standard InChI is InChI=1S/C19H17N3O2/c23-19(21-13-16-5-3-11-24-16)17-12-15(7-9-20-17)22-10-8-14-4-1-2-6-18(14)22/h1-7,9,11-12H,8,10,13H2,(H,21,23). The Labute approximate surface area is 139 Å². The second-order valence-electron chi connectivity index (χ2n) is 5.69. The van der Waals surface area contributed by atoms with Gasteiger partial charge in [0.05, 0.1) is 12.8 Å². The number of rotatable bonds is 4. The lowest BCUT2D eigenvalue weighted by molar-refractivity contribution is 0.0943. The van der Waals surface area contributed by atoms with Gasteiger partial charge in [-0.15, -0.1) is 0 Å². The van der Waals surface area contributed by atoms with Crippen LogP contribution in [-0.4, -0.2) is 17.4 Å². The summed E-state index contributed by atoms with van der Waals surface area (Å²) in [6, 6.07) is 15.7. The van der Waals surface area contributed by atoms with Crippen LogP contribution in [0.25, 0.3) is 0 Å². The molecule has 3 heterocycles. The number of nitrogens with zero attached hydrogens (tertiary/aromatic N) is 2. The summed E-state index contributed by atoms with van der Waals surface area (Å²) in [4.78, 5) is 18.7. The minimum atomic E-state index is -0.208. The van der Waals surface area contributed by atoms with E-state index >= 15 is 0 Å². The van der Waals surface area contributed by atoms with E-state index < -0.39 is 0 Å². The van der Waals surface area contributed by atoms with Gasteiger partial charge in [-0.25, -0.2) is 0 Å². The molecular formula is C19H17N3O2. The summed E-state index contributed by atoms with van der Waals surface area (Å²) in [7, 11) is 0. The normalized spacial score (nSPS) is 12.9. The minimum absolute atomic E-state index is 0.208. The molecule has 120 valence electrons. The summed E-state index contributed by atoms with van der Waals surface area (Å²) in [5.41, 5.74) is 3.92. The number of benzene rings is 1. The van der Waals surface area contributed by atoms with E-state index in [-0.39, 0.29) is 5.91 Å². The Hall–Kier alpha value is -3.08. The van der Waals surface area contributed by atoms with Gasteiger partial charge in [-0.3, -0.25) is 9.78 Å². The van der Waals surface area contributed by atoms with Crippen molar-refractivity contribution in [2.24, 2.45) is 0 Å². The molecule has 2 aromatic heterocycles. The lowest BCUT2D eigenvalue weighted by atomic mass is 10.2. The first-order valence-electron chi connectivity index (χ1n) is 7.93. The fourth-order valence-electron chi connectivity index (χ4n) is 2.99. The lowest BCUT2D eigenvalue weighted by Crippen LogP contribution is -2.24. The second kappa shape index (κ2) is 6.20. The van der Waals surface area contributed by atoms with E-state index in [4.69, 9.17) is 4.42 Å². The smallest absolute Gasteiger partial charge is 0.270 e. The van der Waals surface area contributed by atoms with Gasteiger partial charge in [0.1, 0.15) is 11.5 Å². The number of nitrogens with one attached hydrogen (secondary N) is 1. The molecule has 0 saturated heterocycles. The molecule has 0 saturated carbocycles. The van der Waals surface area contributed by atoms with E-state index in [2.05, 4.69) is 33.4 Å². The van der Waals surface area contributed by atoms with Gasteiger partial charge in [0, 0.05) is 24.1 Å². The quantitative estimate of drug-likeness (QED) is 0.801. The van der Waals surface area contributed by atoms with Crippen molar-refractivity contribution in [2.75, 3.05) is 11.4 Å². The maximum absolute atomic E-state index is 12.3. The molecule has 0 fully saturated rings. The maximum Gasteiger partial charge on any atom is 0.270 e. The zero-order chi connectivity index (χ0) is 16.4. The van der Waals surface area contributed by atoms with Crippen LogP contribution in [0.3, 0.4) is 0 Å². The Morgan fingerprint density at radius 1 is 1.21 bits per heavy atom. The van der Waals surface area contributed by atoms with Crippen molar-refractivity contribution < 1.29 is 9.21 Å². The number of hydrogen-bond acceptors (Lipinski definition) is 4. The first kappa shape index (κ1) is 14.5. The highest BCUT2D eigenvalue weighted by Crippen LogP contribution is 2.34. The van der Waals surface area contributed by atoms with Gasteiger partial charge >= 0.3 is 0 Å². The first-order valence-corrected chi connectivity index (χ1v) is 7.93.